The minimum Gasteiger partial charge on any atom is -0.491 e. The van der Waals surface area contributed by atoms with E-state index in [0.717, 1.165) is 33.5 Å². The Balaban J connectivity index is 2.29. The van der Waals surface area contributed by atoms with Gasteiger partial charge in [-0.05, 0) is 20.8 Å². The van der Waals surface area contributed by atoms with Crippen LogP contribution in [0.15, 0.2) is 48.5 Å². The van der Waals surface area contributed by atoms with Crippen LogP contribution in [-0.2, 0) is 0 Å². The fourth-order valence-corrected chi connectivity index (χ4v) is 2.62. The summed E-state index contributed by atoms with van der Waals surface area (Å²) < 4.78 is 5.80. The molecule has 0 unspecified atom stereocenters. The van der Waals surface area contributed by atoms with Crippen LogP contribution in [0.5, 0.6) is 5.75 Å². The number of rotatable bonds is 3. The molecule has 2 nitrogen and oxygen atoms in total. The Morgan fingerprint density at radius 1 is 0.905 bits per heavy atom. The molecule has 1 aromatic heterocycles. The zero-order chi connectivity index (χ0) is 14.8. The van der Waals surface area contributed by atoms with Gasteiger partial charge in [-0.1, -0.05) is 54.1 Å². The van der Waals surface area contributed by atoms with Gasteiger partial charge in [0.1, 0.15) is 5.75 Å². The van der Waals surface area contributed by atoms with Crippen molar-refractivity contribution in [1.82, 2.24) is 4.98 Å². The minimum atomic E-state index is 0.649. The van der Waals surface area contributed by atoms with Crippen molar-refractivity contribution in [2.45, 2.75) is 20.8 Å². The van der Waals surface area contributed by atoms with E-state index in [1.165, 1.54) is 5.56 Å². The predicted molar refractivity (Wildman–Crippen MR) is 87.8 cm³/mol. The molecule has 2 aromatic carbocycles. The third kappa shape index (κ3) is 2.49. The maximum absolute atomic E-state index is 5.80. The zero-order valence-corrected chi connectivity index (χ0v) is 12.7. The molecule has 1 heterocycles. The Morgan fingerprint density at radius 2 is 1.57 bits per heavy atom. The molecule has 0 N–H and O–H groups in total. The third-order valence-corrected chi connectivity index (χ3v) is 3.65. The van der Waals surface area contributed by atoms with E-state index in [-0.39, 0.29) is 0 Å². The van der Waals surface area contributed by atoms with Gasteiger partial charge in [-0.2, -0.15) is 0 Å². The summed E-state index contributed by atoms with van der Waals surface area (Å²) in [6, 6.07) is 16.8. The molecule has 0 radical (unpaired) electrons. The number of pyridine rings is 1. The van der Waals surface area contributed by atoms with Crippen molar-refractivity contribution in [2.75, 3.05) is 6.61 Å². The van der Waals surface area contributed by atoms with Gasteiger partial charge in [0.15, 0.2) is 0 Å². The van der Waals surface area contributed by atoms with E-state index in [1.54, 1.807) is 0 Å². The van der Waals surface area contributed by atoms with Gasteiger partial charge in [0.2, 0.25) is 0 Å². The third-order valence-electron chi connectivity index (χ3n) is 3.65. The van der Waals surface area contributed by atoms with E-state index in [2.05, 4.69) is 43.3 Å². The van der Waals surface area contributed by atoms with E-state index in [1.807, 2.05) is 26.0 Å². The second kappa shape index (κ2) is 5.57. The topological polar surface area (TPSA) is 22.1 Å². The molecule has 3 aromatic rings. The molecule has 0 aliphatic rings. The van der Waals surface area contributed by atoms with E-state index >= 15 is 0 Å². The lowest BCUT2D eigenvalue weighted by atomic mass is 10.0. The zero-order valence-electron chi connectivity index (χ0n) is 12.7. The first-order valence-electron chi connectivity index (χ1n) is 7.30. The summed E-state index contributed by atoms with van der Waals surface area (Å²) in [5.74, 6) is 0.893. The summed E-state index contributed by atoms with van der Waals surface area (Å²) in [6.45, 7) is 6.76. The molecule has 0 aliphatic carbocycles. The summed E-state index contributed by atoms with van der Waals surface area (Å²) in [7, 11) is 0. The first kappa shape index (κ1) is 13.6. The predicted octanol–water partition coefficient (Wildman–Crippen LogP) is 4.92. The second-order valence-electron chi connectivity index (χ2n) is 5.22. The SMILES string of the molecule is CCOc1c(C)nc(-c2ccc(C)cc2)c2ccccc12. The molecule has 3 rings (SSSR count). The lowest BCUT2D eigenvalue weighted by Crippen LogP contribution is -1.99. The van der Waals surface area contributed by atoms with Crippen LogP contribution >= 0.6 is 0 Å². The molecule has 106 valence electrons. The van der Waals surface area contributed by atoms with Gasteiger partial charge in [0.25, 0.3) is 0 Å². The largest absolute Gasteiger partial charge is 0.491 e. The summed E-state index contributed by atoms with van der Waals surface area (Å²) in [6.07, 6.45) is 0. The van der Waals surface area contributed by atoms with Gasteiger partial charge in [0.05, 0.1) is 18.0 Å². The summed E-state index contributed by atoms with van der Waals surface area (Å²) >= 11 is 0. The summed E-state index contributed by atoms with van der Waals surface area (Å²) in [5, 5.41) is 2.26. The van der Waals surface area contributed by atoms with Gasteiger partial charge in [0, 0.05) is 16.3 Å². The highest BCUT2D eigenvalue weighted by atomic mass is 16.5. The van der Waals surface area contributed by atoms with Crippen LogP contribution in [0.4, 0.5) is 0 Å². The summed E-state index contributed by atoms with van der Waals surface area (Å²) in [4.78, 5) is 4.79. The number of nitrogens with zero attached hydrogens (tertiary/aromatic N) is 1. The molecule has 0 bridgehead atoms. The lowest BCUT2D eigenvalue weighted by Gasteiger charge is -2.14. The minimum absolute atomic E-state index is 0.649. The number of ether oxygens (including phenoxy) is 1. The highest BCUT2D eigenvalue weighted by Gasteiger charge is 2.13. The average molecular weight is 277 g/mol. The molecule has 0 spiro atoms. The lowest BCUT2D eigenvalue weighted by molar-refractivity contribution is 0.340. The van der Waals surface area contributed by atoms with Crippen molar-refractivity contribution in [2.24, 2.45) is 0 Å². The number of hydrogen-bond donors (Lipinski definition) is 0. The van der Waals surface area contributed by atoms with E-state index in [4.69, 9.17) is 9.72 Å². The van der Waals surface area contributed by atoms with Crippen molar-refractivity contribution in [1.29, 1.82) is 0 Å². The normalized spacial score (nSPS) is 10.8. The Bertz CT molecular complexity index is 775. The molecule has 0 aliphatic heterocycles. The first-order chi connectivity index (χ1) is 10.2. The first-order valence-corrected chi connectivity index (χ1v) is 7.30. The van der Waals surface area contributed by atoms with Crippen LogP contribution in [0.3, 0.4) is 0 Å². The highest BCUT2D eigenvalue weighted by molar-refractivity contribution is 5.98. The fraction of sp³-hybridized carbons (Fsp3) is 0.211. The van der Waals surface area contributed by atoms with E-state index in [0.29, 0.717) is 6.61 Å². The van der Waals surface area contributed by atoms with Crippen LogP contribution < -0.4 is 4.74 Å². The van der Waals surface area contributed by atoms with E-state index < -0.39 is 0 Å². The molecule has 0 amide bonds. The number of hydrogen-bond acceptors (Lipinski definition) is 2. The molecule has 0 saturated carbocycles. The summed E-state index contributed by atoms with van der Waals surface area (Å²) in [5.41, 5.74) is 4.35. The molecular weight excluding hydrogens is 258 g/mol. The number of aromatic nitrogens is 1. The Hall–Kier alpha value is -2.35. The number of benzene rings is 2. The van der Waals surface area contributed by atoms with Gasteiger partial charge >= 0.3 is 0 Å². The number of fused-ring (bicyclic) bond motifs is 1. The van der Waals surface area contributed by atoms with Gasteiger partial charge in [-0.3, -0.25) is 0 Å². The maximum atomic E-state index is 5.80. The van der Waals surface area contributed by atoms with Crippen molar-refractivity contribution < 1.29 is 4.74 Å². The molecular formula is C19H19NO. The Labute approximate surface area is 125 Å². The maximum Gasteiger partial charge on any atom is 0.148 e. The Morgan fingerprint density at radius 3 is 2.24 bits per heavy atom. The van der Waals surface area contributed by atoms with Crippen LogP contribution in [0.2, 0.25) is 0 Å². The van der Waals surface area contributed by atoms with Crippen LogP contribution in [-0.4, -0.2) is 11.6 Å². The van der Waals surface area contributed by atoms with Crippen LogP contribution in [0.25, 0.3) is 22.0 Å². The van der Waals surface area contributed by atoms with Crippen LogP contribution in [0.1, 0.15) is 18.2 Å². The number of aryl methyl sites for hydroxylation is 2. The Kier molecular flexibility index (Phi) is 3.61. The van der Waals surface area contributed by atoms with Gasteiger partial charge < -0.3 is 4.74 Å². The molecule has 21 heavy (non-hydrogen) atoms. The van der Waals surface area contributed by atoms with Crippen molar-refractivity contribution in [3.8, 4) is 17.0 Å². The fourth-order valence-electron chi connectivity index (χ4n) is 2.62. The van der Waals surface area contributed by atoms with Crippen molar-refractivity contribution >= 4 is 10.8 Å². The monoisotopic (exact) mass is 277 g/mol. The van der Waals surface area contributed by atoms with Crippen molar-refractivity contribution in [3.05, 3.63) is 59.8 Å². The van der Waals surface area contributed by atoms with Gasteiger partial charge in [-0.15, -0.1) is 0 Å². The molecule has 0 atom stereocenters. The standard InChI is InChI=1S/C19H19NO/c1-4-21-19-14(3)20-18(15-11-9-13(2)10-12-15)16-7-5-6-8-17(16)19/h5-12H,4H2,1-3H3. The van der Waals surface area contributed by atoms with Crippen LogP contribution in [0, 0.1) is 13.8 Å². The second-order valence-corrected chi connectivity index (χ2v) is 5.22. The molecule has 0 saturated heterocycles. The van der Waals surface area contributed by atoms with Crippen molar-refractivity contribution in [3.63, 3.8) is 0 Å². The van der Waals surface area contributed by atoms with E-state index in [9.17, 15) is 0 Å². The molecule has 0 fully saturated rings. The smallest absolute Gasteiger partial charge is 0.148 e. The van der Waals surface area contributed by atoms with Gasteiger partial charge in [-0.25, -0.2) is 4.98 Å². The average Bonchev–Trinajstić information content (AvgIpc) is 2.51. The quantitative estimate of drug-likeness (QED) is 0.678. The molecule has 2 heteroatoms. The highest BCUT2D eigenvalue weighted by Crippen LogP contribution is 2.34.